The highest BCUT2D eigenvalue weighted by molar-refractivity contribution is 7.98. The monoisotopic (exact) mass is 301 g/mol. The Morgan fingerprint density at radius 3 is 2.74 bits per heavy atom. The molecule has 0 saturated heterocycles. The molecule has 3 nitrogen and oxygen atoms in total. The minimum Gasteiger partial charge on any atom is -0.396 e. The lowest BCUT2D eigenvalue weighted by molar-refractivity contribution is 0.0886. The lowest BCUT2D eigenvalue weighted by Gasteiger charge is -2.29. The summed E-state index contributed by atoms with van der Waals surface area (Å²) in [6.45, 7) is 3.95. The van der Waals surface area contributed by atoms with Crippen LogP contribution in [-0.4, -0.2) is 29.4 Å². The van der Waals surface area contributed by atoms with E-state index in [4.69, 9.17) is 16.7 Å². The summed E-state index contributed by atoms with van der Waals surface area (Å²) in [5.74, 6) is -0.196. The molecule has 1 aromatic carbocycles. The number of aliphatic hydroxyl groups excluding tert-OH is 1. The van der Waals surface area contributed by atoms with E-state index in [0.717, 1.165) is 11.3 Å². The van der Waals surface area contributed by atoms with Crippen LogP contribution in [0, 0.1) is 0 Å². The Kier molecular flexibility index (Phi) is 6.17. The van der Waals surface area contributed by atoms with Crippen LogP contribution in [0.3, 0.4) is 0 Å². The Morgan fingerprint density at radius 2 is 2.21 bits per heavy atom. The normalized spacial score (nSPS) is 13.9. The molecular formula is C14H20ClNO2S. The average molecular weight is 302 g/mol. The maximum absolute atomic E-state index is 12.3. The van der Waals surface area contributed by atoms with Crippen molar-refractivity contribution in [1.82, 2.24) is 5.32 Å². The minimum atomic E-state index is -0.412. The molecule has 1 aromatic rings. The van der Waals surface area contributed by atoms with Crippen LogP contribution in [0.4, 0.5) is 0 Å². The van der Waals surface area contributed by atoms with Crippen LogP contribution in [0.25, 0.3) is 0 Å². The van der Waals surface area contributed by atoms with Crippen molar-refractivity contribution in [2.24, 2.45) is 0 Å². The molecule has 0 spiro atoms. The SMILES string of the molecule is CCC(C)(CCO)NC(=O)c1cc(SC)ccc1Cl. The number of carbonyl (C=O) groups is 1. The highest BCUT2D eigenvalue weighted by Crippen LogP contribution is 2.24. The number of aliphatic hydroxyl groups is 1. The van der Waals surface area contributed by atoms with E-state index in [1.54, 1.807) is 23.9 Å². The number of carbonyl (C=O) groups excluding carboxylic acids is 1. The van der Waals surface area contributed by atoms with E-state index in [1.165, 1.54) is 0 Å². The zero-order chi connectivity index (χ0) is 14.5. The van der Waals surface area contributed by atoms with Gasteiger partial charge in [-0.1, -0.05) is 18.5 Å². The molecule has 0 aliphatic carbocycles. The lowest BCUT2D eigenvalue weighted by atomic mass is 9.94. The van der Waals surface area contributed by atoms with Crippen LogP contribution in [0.2, 0.25) is 5.02 Å². The smallest absolute Gasteiger partial charge is 0.253 e. The topological polar surface area (TPSA) is 49.3 Å². The van der Waals surface area contributed by atoms with E-state index in [9.17, 15) is 4.79 Å². The molecular weight excluding hydrogens is 282 g/mol. The molecule has 0 fully saturated rings. The Labute approximate surface area is 123 Å². The summed E-state index contributed by atoms with van der Waals surface area (Å²) in [4.78, 5) is 13.3. The number of benzene rings is 1. The Hall–Kier alpha value is -0.710. The molecule has 0 radical (unpaired) electrons. The number of amides is 1. The van der Waals surface area contributed by atoms with Crippen LogP contribution in [0.15, 0.2) is 23.1 Å². The molecule has 1 rings (SSSR count). The Bertz CT molecular complexity index is 453. The number of rotatable bonds is 6. The van der Waals surface area contributed by atoms with Crippen LogP contribution < -0.4 is 5.32 Å². The standard InChI is InChI=1S/C14H20ClNO2S/c1-4-14(2,7-8-17)16-13(18)11-9-10(19-3)5-6-12(11)15/h5-6,9,17H,4,7-8H2,1-3H3,(H,16,18). The molecule has 0 saturated carbocycles. The van der Waals surface area contributed by atoms with Crippen molar-refractivity contribution >= 4 is 29.3 Å². The van der Waals surface area contributed by atoms with Gasteiger partial charge in [-0.25, -0.2) is 0 Å². The van der Waals surface area contributed by atoms with Crippen molar-refractivity contribution in [3.63, 3.8) is 0 Å². The third-order valence-corrected chi connectivity index (χ3v) is 4.33. The molecule has 0 aromatic heterocycles. The third-order valence-electron chi connectivity index (χ3n) is 3.28. The molecule has 0 heterocycles. The van der Waals surface area contributed by atoms with Crippen LogP contribution in [0.5, 0.6) is 0 Å². The highest BCUT2D eigenvalue weighted by Gasteiger charge is 2.25. The van der Waals surface area contributed by atoms with E-state index in [1.807, 2.05) is 26.2 Å². The summed E-state index contributed by atoms with van der Waals surface area (Å²) in [6.07, 6.45) is 3.22. The number of halogens is 1. The Morgan fingerprint density at radius 1 is 1.53 bits per heavy atom. The van der Waals surface area contributed by atoms with Gasteiger partial charge in [-0.2, -0.15) is 0 Å². The van der Waals surface area contributed by atoms with Gasteiger partial charge >= 0.3 is 0 Å². The number of hydrogen-bond donors (Lipinski definition) is 2. The number of nitrogens with one attached hydrogen (secondary N) is 1. The first kappa shape index (κ1) is 16.3. The Balaban J connectivity index is 2.94. The van der Waals surface area contributed by atoms with Gasteiger partial charge in [0, 0.05) is 17.0 Å². The second-order valence-electron chi connectivity index (χ2n) is 4.69. The minimum absolute atomic E-state index is 0.0448. The van der Waals surface area contributed by atoms with Crippen LogP contribution in [0.1, 0.15) is 37.0 Å². The lowest BCUT2D eigenvalue weighted by Crippen LogP contribution is -2.46. The molecule has 106 valence electrons. The van der Waals surface area contributed by atoms with Crippen molar-refractivity contribution in [3.05, 3.63) is 28.8 Å². The van der Waals surface area contributed by atoms with Gasteiger partial charge in [-0.05, 0) is 44.2 Å². The average Bonchev–Trinajstić information content (AvgIpc) is 2.39. The zero-order valence-corrected chi connectivity index (χ0v) is 13.1. The summed E-state index contributed by atoms with van der Waals surface area (Å²) in [5, 5.41) is 12.5. The van der Waals surface area contributed by atoms with Crippen molar-refractivity contribution in [2.75, 3.05) is 12.9 Å². The van der Waals surface area contributed by atoms with E-state index in [0.29, 0.717) is 17.0 Å². The molecule has 1 amide bonds. The van der Waals surface area contributed by atoms with Crippen molar-refractivity contribution in [3.8, 4) is 0 Å². The van der Waals surface area contributed by atoms with Crippen molar-refractivity contribution in [1.29, 1.82) is 0 Å². The maximum Gasteiger partial charge on any atom is 0.253 e. The second-order valence-corrected chi connectivity index (χ2v) is 5.97. The summed E-state index contributed by atoms with van der Waals surface area (Å²) in [6, 6.07) is 5.41. The quantitative estimate of drug-likeness (QED) is 0.792. The van der Waals surface area contributed by atoms with Crippen LogP contribution >= 0.6 is 23.4 Å². The molecule has 1 unspecified atom stereocenters. The van der Waals surface area contributed by atoms with Gasteiger partial charge in [0.2, 0.25) is 0 Å². The van der Waals surface area contributed by atoms with E-state index >= 15 is 0 Å². The summed E-state index contributed by atoms with van der Waals surface area (Å²) < 4.78 is 0. The number of thioether (sulfide) groups is 1. The van der Waals surface area contributed by atoms with Gasteiger partial charge in [0.05, 0.1) is 10.6 Å². The predicted octanol–water partition coefficient (Wildman–Crippen LogP) is 3.34. The summed E-state index contributed by atoms with van der Waals surface area (Å²) >= 11 is 7.64. The third kappa shape index (κ3) is 4.41. The van der Waals surface area contributed by atoms with Gasteiger partial charge < -0.3 is 10.4 Å². The van der Waals surface area contributed by atoms with Crippen LogP contribution in [-0.2, 0) is 0 Å². The second kappa shape index (κ2) is 7.17. The molecule has 0 bridgehead atoms. The fraction of sp³-hybridized carbons (Fsp3) is 0.500. The van der Waals surface area contributed by atoms with E-state index < -0.39 is 5.54 Å². The van der Waals surface area contributed by atoms with Gasteiger partial charge in [-0.3, -0.25) is 4.79 Å². The highest BCUT2D eigenvalue weighted by atomic mass is 35.5. The molecule has 0 aliphatic rings. The first-order chi connectivity index (χ1) is 8.95. The molecule has 0 aliphatic heterocycles. The first-order valence-electron chi connectivity index (χ1n) is 6.22. The van der Waals surface area contributed by atoms with Crippen molar-refractivity contribution in [2.45, 2.75) is 37.1 Å². The zero-order valence-electron chi connectivity index (χ0n) is 11.5. The first-order valence-corrected chi connectivity index (χ1v) is 7.83. The predicted molar refractivity (Wildman–Crippen MR) is 81.1 cm³/mol. The fourth-order valence-corrected chi connectivity index (χ4v) is 2.36. The van der Waals surface area contributed by atoms with Gasteiger partial charge in [-0.15, -0.1) is 11.8 Å². The fourth-order valence-electron chi connectivity index (χ4n) is 1.72. The van der Waals surface area contributed by atoms with Crippen molar-refractivity contribution < 1.29 is 9.90 Å². The molecule has 5 heteroatoms. The maximum atomic E-state index is 12.3. The largest absolute Gasteiger partial charge is 0.396 e. The number of hydrogen-bond acceptors (Lipinski definition) is 3. The molecule has 2 N–H and O–H groups in total. The molecule has 19 heavy (non-hydrogen) atoms. The van der Waals surface area contributed by atoms with E-state index in [-0.39, 0.29) is 12.5 Å². The molecule has 1 atom stereocenters. The van der Waals surface area contributed by atoms with Gasteiger partial charge in [0.15, 0.2) is 0 Å². The van der Waals surface area contributed by atoms with Gasteiger partial charge in [0.1, 0.15) is 0 Å². The summed E-state index contributed by atoms with van der Waals surface area (Å²) in [7, 11) is 0. The summed E-state index contributed by atoms with van der Waals surface area (Å²) in [5.41, 5.74) is 0.0657. The van der Waals surface area contributed by atoms with E-state index in [2.05, 4.69) is 5.32 Å². The van der Waals surface area contributed by atoms with Gasteiger partial charge in [0.25, 0.3) is 5.91 Å².